The molecule has 1 unspecified atom stereocenters. The molecule has 1 heterocycles. The zero-order valence-corrected chi connectivity index (χ0v) is 15.2. The van der Waals surface area contributed by atoms with Crippen LogP contribution in [0.1, 0.15) is 30.5 Å². The van der Waals surface area contributed by atoms with Crippen molar-refractivity contribution in [3.05, 3.63) is 57.8 Å². The van der Waals surface area contributed by atoms with E-state index in [-0.39, 0.29) is 11.5 Å². The molecule has 0 aliphatic heterocycles. The van der Waals surface area contributed by atoms with E-state index in [1.165, 1.54) is 12.1 Å². The minimum atomic E-state index is -2.88. The zero-order chi connectivity index (χ0) is 18.8. The van der Waals surface area contributed by atoms with Crippen LogP contribution in [0, 0.1) is 5.82 Å². The predicted molar refractivity (Wildman–Crippen MR) is 98.4 cm³/mol. The standard InChI is InChI=1S/C17H15BrF3N5/c1-8(10-3-2-4-11(14(10)19)15(20)21)23-16-12-7-9(18)5-6-13(12)24-17(25-16)26-22/h2-8,15H,22H2,1H3,(H2,23,24,25,26). The number of benzene rings is 2. The Morgan fingerprint density at radius 1 is 1.12 bits per heavy atom. The van der Waals surface area contributed by atoms with E-state index in [0.717, 1.165) is 10.5 Å². The molecule has 0 spiro atoms. The summed E-state index contributed by atoms with van der Waals surface area (Å²) in [6.45, 7) is 1.66. The summed E-state index contributed by atoms with van der Waals surface area (Å²) in [6.07, 6.45) is -2.88. The van der Waals surface area contributed by atoms with E-state index in [1.807, 2.05) is 6.07 Å². The molecule has 0 amide bonds. The molecule has 0 fully saturated rings. The Morgan fingerprint density at radius 3 is 2.54 bits per heavy atom. The summed E-state index contributed by atoms with van der Waals surface area (Å²) in [5.74, 6) is 5.05. The first-order chi connectivity index (χ1) is 12.4. The van der Waals surface area contributed by atoms with Crippen LogP contribution in [0.4, 0.5) is 24.9 Å². The minimum Gasteiger partial charge on any atom is -0.363 e. The number of fused-ring (bicyclic) bond motifs is 1. The molecule has 2 aromatic carbocycles. The normalized spacial score (nSPS) is 12.4. The molecule has 3 aromatic rings. The van der Waals surface area contributed by atoms with Crippen LogP contribution in [0.25, 0.3) is 10.9 Å². The van der Waals surface area contributed by atoms with Gasteiger partial charge in [-0.1, -0.05) is 34.1 Å². The molecule has 5 nitrogen and oxygen atoms in total. The maximum Gasteiger partial charge on any atom is 0.266 e. The summed E-state index contributed by atoms with van der Waals surface area (Å²) in [4.78, 5) is 8.51. The number of nitrogens with one attached hydrogen (secondary N) is 2. The van der Waals surface area contributed by atoms with Crippen LogP contribution in [0.2, 0.25) is 0 Å². The number of hydrogen-bond acceptors (Lipinski definition) is 5. The summed E-state index contributed by atoms with van der Waals surface area (Å²) in [6, 6.07) is 8.71. The van der Waals surface area contributed by atoms with Crippen molar-refractivity contribution in [2.24, 2.45) is 5.84 Å². The monoisotopic (exact) mass is 425 g/mol. The van der Waals surface area contributed by atoms with Gasteiger partial charge in [0.25, 0.3) is 6.43 Å². The lowest BCUT2D eigenvalue weighted by atomic mass is 10.0. The number of nitrogens with zero attached hydrogens (tertiary/aromatic N) is 2. The van der Waals surface area contributed by atoms with Crippen LogP contribution < -0.4 is 16.6 Å². The van der Waals surface area contributed by atoms with Crippen molar-refractivity contribution in [1.82, 2.24) is 9.97 Å². The lowest BCUT2D eigenvalue weighted by molar-refractivity contribution is 0.146. The molecule has 9 heteroatoms. The van der Waals surface area contributed by atoms with Crippen LogP contribution in [-0.4, -0.2) is 9.97 Å². The Labute approximate surface area is 155 Å². The number of alkyl halides is 2. The van der Waals surface area contributed by atoms with Gasteiger partial charge in [0, 0.05) is 15.4 Å². The average Bonchev–Trinajstić information content (AvgIpc) is 2.61. The van der Waals surface area contributed by atoms with E-state index in [0.29, 0.717) is 16.7 Å². The lowest BCUT2D eigenvalue weighted by Gasteiger charge is -2.19. The number of aromatic nitrogens is 2. The molecule has 136 valence electrons. The fraction of sp³-hybridized carbons (Fsp3) is 0.176. The largest absolute Gasteiger partial charge is 0.363 e. The highest BCUT2D eigenvalue weighted by Gasteiger charge is 2.20. The van der Waals surface area contributed by atoms with Gasteiger partial charge in [0.15, 0.2) is 0 Å². The Balaban J connectivity index is 2.03. The molecule has 0 aliphatic rings. The SMILES string of the molecule is CC(Nc1nc(NN)nc2ccc(Br)cc12)c1cccc(C(F)F)c1F. The van der Waals surface area contributed by atoms with E-state index >= 15 is 0 Å². The molecule has 4 N–H and O–H groups in total. The second-order valence-corrected chi connectivity index (χ2v) is 6.53. The van der Waals surface area contributed by atoms with E-state index in [9.17, 15) is 13.2 Å². The van der Waals surface area contributed by atoms with E-state index < -0.39 is 23.8 Å². The highest BCUT2D eigenvalue weighted by atomic mass is 79.9. The number of nitrogens with two attached hydrogens (primary N) is 1. The van der Waals surface area contributed by atoms with Gasteiger partial charge >= 0.3 is 0 Å². The Bertz CT molecular complexity index is 951. The van der Waals surface area contributed by atoms with Gasteiger partial charge in [-0.3, -0.25) is 5.43 Å². The molecule has 26 heavy (non-hydrogen) atoms. The van der Waals surface area contributed by atoms with E-state index in [4.69, 9.17) is 5.84 Å². The van der Waals surface area contributed by atoms with Gasteiger partial charge in [-0.05, 0) is 25.1 Å². The third-order valence-electron chi connectivity index (χ3n) is 3.90. The second kappa shape index (κ2) is 7.46. The first-order valence-corrected chi connectivity index (χ1v) is 8.47. The Morgan fingerprint density at radius 2 is 1.85 bits per heavy atom. The number of rotatable bonds is 5. The molecule has 0 aliphatic carbocycles. The average molecular weight is 426 g/mol. The number of halogens is 4. The first-order valence-electron chi connectivity index (χ1n) is 7.67. The summed E-state index contributed by atoms with van der Waals surface area (Å²) in [5, 5.41) is 3.73. The van der Waals surface area contributed by atoms with Crippen molar-refractivity contribution in [2.45, 2.75) is 19.4 Å². The lowest BCUT2D eigenvalue weighted by Crippen LogP contribution is -2.15. The van der Waals surface area contributed by atoms with Crippen LogP contribution >= 0.6 is 15.9 Å². The third-order valence-corrected chi connectivity index (χ3v) is 4.39. The van der Waals surface area contributed by atoms with Gasteiger partial charge in [-0.15, -0.1) is 0 Å². The summed E-state index contributed by atoms with van der Waals surface area (Å²) < 4.78 is 41.1. The highest BCUT2D eigenvalue weighted by molar-refractivity contribution is 9.10. The van der Waals surface area contributed by atoms with Crippen LogP contribution in [0.5, 0.6) is 0 Å². The van der Waals surface area contributed by atoms with Gasteiger partial charge < -0.3 is 5.32 Å². The van der Waals surface area contributed by atoms with E-state index in [1.54, 1.807) is 19.1 Å². The van der Waals surface area contributed by atoms with Crippen molar-refractivity contribution < 1.29 is 13.2 Å². The van der Waals surface area contributed by atoms with Crippen molar-refractivity contribution >= 4 is 38.6 Å². The maximum absolute atomic E-state index is 14.4. The topological polar surface area (TPSA) is 75.9 Å². The van der Waals surface area contributed by atoms with Gasteiger partial charge in [-0.25, -0.2) is 24.0 Å². The number of hydrazine groups is 1. The molecule has 1 aromatic heterocycles. The van der Waals surface area contributed by atoms with Gasteiger partial charge in [0.05, 0.1) is 17.1 Å². The number of anilines is 2. The first kappa shape index (κ1) is 18.4. The fourth-order valence-corrected chi connectivity index (χ4v) is 2.99. The third kappa shape index (κ3) is 3.58. The van der Waals surface area contributed by atoms with Crippen molar-refractivity contribution in [3.8, 4) is 0 Å². The van der Waals surface area contributed by atoms with Crippen LogP contribution in [0.3, 0.4) is 0 Å². The smallest absolute Gasteiger partial charge is 0.266 e. The molecule has 0 saturated heterocycles. The second-order valence-electron chi connectivity index (χ2n) is 5.62. The molecular formula is C17H15BrF3N5. The number of hydrogen-bond donors (Lipinski definition) is 3. The van der Waals surface area contributed by atoms with Crippen LogP contribution in [-0.2, 0) is 0 Å². The van der Waals surface area contributed by atoms with Crippen molar-refractivity contribution in [2.75, 3.05) is 10.7 Å². The van der Waals surface area contributed by atoms with Crippen molar-refractivity contribution in [1.29, 1.82) is 0 Å². The Kier molecular flexibility index (Phi) is 5.28. The quantitative estimate of drug-likeness (QED) is 0.399. The predicted octanol–water partition coefficient (Wildman–Crippen LogP) is 4.93. The van der Waals surface area contributed by atoms with Gasteiger partial charge in [0.2, 0.25) is 5.95 Å². The fourth-order valence-electron chi connectivity index (χ4n) is 2.63. The maximum atomic E-state index is 14.4. The molecule has 0 bridgehead atoms. The molecule has 0 saturated carbocycles. The Hall–Kier alpha value is -2.39. The summed E-state index contributed by atoms with van der Waals surface area (Å²) in [7, 11) is 0. The van der Waals surface area contributed by atoms with Gasteiger partial charge in [0.1, 0.15) is 11.6 Å². The molecule has 3 rings (SSSR count). The highest BCUT2D eigenvalue weighted by Crippen LogP contribution is 2.31. The zero-order valence-electron chi connectivity index (χ0n) is 13.6. The summed E-state index contributed by atoms with van der Waals surface area (Å²) >= 11 is 3.38. The van der Waals surface area contributed by atoms with Crippen molar-refractivity contribution in [3.63, 3.8) is 0 Å². The molecular weight excluding hydrogens is 411 g/mol. The minimum absolute atomic E-state index is 0.117. The van der Waals surface area contributed by atoms with E-state index in [2.05, 4.69) is 36.6 Å². The molecule has 1 atom stereocenters. The van der Waals surface area contributed by atoms with Gasteiger partial charge in [-0.2, -0.15) is 4.98 Å². The van der Waals surface area contributed by atoms with Crippen LogP contribution in [0.15, 0.2) is 40.9 Å². The number of nitrogen functional groups attached to an aromatic ring is 1. The molecule has 0 radical (unpaired) electrons. The summed E-state index contributed by atoms with van der Waals surface area (Å²) in [5.41, 5.74) is 2.48.